The van der Waals surface area contributed by atoms with Crippen molar-refractivity contribution in [1.82, 2.24) is 0 Å². The van der Waals surface area contributed by atoms with E-state index in [2.05, 4.69) is 6.92 Å². The van der Waals surface area contributed by atoms with Crippen molar-refractivity contribution in [3.8, 4) is 0 Å². The van der Waals surface area contributed by atoms with Crippen molar-refractivity contribution >= 4 is 35.5 Å². The fourth-order valence-corrected chi connectivity index (χ4v) is 2.87. The molecule has 0 aliphatic heterocycles. The molecule has 0 amide bonds. The maximum absolute atomic E-state index is 11.2. The average molecular weight is 336 g/mol. The van der Waals surface area contributed by atoms with Gasteiger partial charge in [-0.2, -0.15) is 0 Å². The maximum atomic E-state index is 11.2. The number of carbonyl (C=O) groups excluding carboxylic acids is 1. The van der Waals surface area contributed by atoms with Crippen LogP contribution in [0.25, 0.3) is 0 Å². The Hall–Kier alpha value is 0.470. The number of carbonyl (C=O) groups is 1. The van der Waals surface area contributed by atoms with Crippen LogP contribution in [0.4, 0.5) is 0 Å². The maximum Gasteiger partial charge on any atom is 0.305 e. The molecule has 0 heterocycles. The van der Waals surface area contributed by atoms with Gasteiger partial charge in [0.15, 0.2) is 0 Å². The third kappa shape index (κ3) is 22.5. The van der Waals surface area contributed by atoms with Crippen LogP contribution in [0.15, 0.2) is 0 Å². The molecule has 0 fully saturated rings. The standard InChI is InChI=1S/C20H40O2.Na/c1-3-5-6-7-8-9-10-11-12-13-14-15-16-17-18-19-20(21)22-4-2;/h3-19H2,1-2H3;. The number of esters is 1. The summed E-state index contributed by atoms with van der Waals surface area (Å²) in [4.78, 5) is 11.2. The molecular formula is C20H40NaO2. The second-order valence-electron chi connectivity index (χ2n) is 6.50. The second kappa shape index (κ2) is 22.5. The molecule has 0 aliphatic carbocycles. The van der Waals surface area contributed by atoms with Gasteiger partial charge >= 0.3 is 5.97 Å². The monoisotopic (exact) mass is 335 g/mol. The summed E-state index contributed by atoms with van der Waals surface area (Å²) in [5, 5.41) is 0. The van der Waals surface area contributed by atoms with E-state index in [1.54, 1.807) is 0 Å². The molecule has 0 saturated heterocycles. The number of ether oxygens (including phenoxy) is 1. The van der Waals surface area contributed by atoms with Crippen LogP contribution in [0, 0.1) is 0 Å². The predicted octanol–water partition coefficient (Wildman–Crippen LogP) is 6.43. The molecule has 0 aromatic rings. The van der Waals surface area contributed by atoms with Crippen molar-refractivity contribution in [2.45, 2.75) is 117 Å². The van der Waals surface area contributed by atoms with E-state index in [0.29, 0.717) is 13.0 Å². The quantitative estimate of drug-likeness (QED) is 0.174. The van der Waals surface area contributed by atoms with Crippen molar-refractivity contribution in [2.24, 2.45) is 0 Å². The van der Waals surface area contributed by atoms with Gasteiger partial charge in [-0.05, 0) is 13.3 Å². The summed E-state index contributed by atoms with van der Waals surface area (Å²) in [5.74, 6) is -0.0304. The van der Waals surface area contributed by atoms with Crippen LogP contribution < -0.4 is 0 Å². The van der Waals surface area contributed by atoms with E-state index < -0.39 is 0 Å². The Morgan fingerprint density at radius 1 is 0.609 bits per heavy atom. The van der Waals surface area contributed by atoms with Gasteiger partial charge < -0.3 is 4.74 Å². The van der Waals surface area contributed by atoms with Crippen LogP contribution in [0.1, 0.15) is 117 Å². The van der Waals surface area contributed by atoms with Gasteiger partial charge in [0.2, 0.25) is 0 Å². The molecule has 23 heavy (non-hydrogen) atoms. The Labute approximate surface area is 167 Å². The zero-order valence-electron chi connectivity index (χ0n) is 16.3. The molecule has 0 rings (SSSR count). The third-order valence-corrected chi connectivity index (χ3v) is 4.29. The Kier molecular flexibility index (Phi) is 25.1. The fraction of sp³-hybridized carbons (Fsp3) is 0.950. The van der Waals surface area contributed by atoms with E-state index in [1.165, 1.54) is 89.9 Å². The zero-order valence-corrected chi connectivity index (χ0v) is 18.3. The first-order chi connectivity index (χ1) is 10.8. The van der Waals surface area contributed by atoms with E-state index in [1.807, 2.05) is 6.92 Å². The number of rotatable bonds is 17. The fourth-order valence-electron chi connectivity index (χ4n) is 2.87. The van der Waals surface area contributed by atoms with Gasteiger partial charge in [-0.15, -0.1) is 0 Å². The first-order valence-electron chi connectivity index (χ1n) is 9.96. The van der Waals surface area contributed by atoms with E-state index in [0.717, 1.165) is 6.42 Å². The molecular weight excluding hydrogens is 295 g/mol. The SMILES string of the molecule is CCCCCCCCCCCCCCCCCC(=O)OCC.[Na]. The zero-order chi connectivity index (χ0) is 16.3. The van der Waals surface area contributed by atoms with Gasteiger partial charge in [0, 0.05) is 36.0 Å². The minimum Gasteiger partial charge on any atom is -0.466 e. The number of unbranched alkanes of at least 4 members (excludes halogenated alkanes) is 14. The third-order valence-electron chi connectivity index (χ3n) is 4.29. The summed E-state index contributed by atoms with van der Waals surface area (Å²) < 4.78 is 4.92. The van der Waals surface area contributed by atoms with Gasteiger partial charge in [-0.3, -0.25) is 4.79 Å². The molecule has 133 valence electrons. The molecule has 0 saturated carbocycles. The normalized spacial score (nSPS) is 10.3. The molecule has 0 N–H and O–H groups in total. The van der Waals surface area contributed by atoms with Crippen LogP contribution in [0.3, 0.4) is 0 Å². The molecule has 0 atom stereocenters. The summed E-state index contributed by atoms with van der Waals surface area (Å²) >= 11 is 0. The van der Waals surface area contributed by atoms with E-state index in [4.69, 9.17) is 4.74 Å². The minimum absolute atomic E-state index is 0. The van der Waals surface area contributed by atoms with Gasteiger partial charge in [0.1, 0.15) is 0 Å². The van der Waals surface area contributed by atoms with Crippen LogP contribution in [-0.4, -0.2) is 42.1 Å². The molecule has 0 aliphatic rings. The first kappa shape index (κ1) is 25.7. The Morgan fingerprint density at radius 2 is 0.957 bits per heavy atom. The van der Waals surface area contributed by atoms with E-state index >= 15 is 0 Å². The van der Waals surface area contributed by atoms with Crippen molar-refractivity contribution < 1.29 is 9.53 Å². The topological polar surface area (TPSA) is 26.3 Å². The average Bonchev–Trinajstić information content (AvgIpc) is 2.51. The smallest absolute Gasteiger partial charge is 0.305 e. The summed E-state index contributed by atoms with van der Waals surface area (Å²) in [7, 11) is 0. The summed E-state index contributed by atoms with van der Waals surface area (Å²) in [5.41, 5.74) is 0. The van der Waals surface area contributed by atoms with Crippen LogP contribution in [-0.2, 0) is 9.53 Å². The second-order valence-corrected chi connectivity index (χ2v) is 6.50. The summed E-state index contributed by atoms with van der Waals surface area (Å²) in [6, 6.07) is 0. The van der Waals surface area contributed by atoms with E-state index in [9.17, 15) is 4.79 Å². The first-order valence-corrected chi connectivity index (χ1v) is 9.96. The number of hydrogen-bond acceptors (Lipinski definition) is 2. The Morgan fingerprint density at radius 3 is 1.30 bits per heavy atom. The molecule has 0 aromatic heterocycles. The van der Waals surface area contributed by atoms with Gasteiger partial charge in [0.25, 0.3) is 0 Å². The van der Waals surface area contributed by atoms with Crippen molar-refractivity contribution in [2.75, 3.05) is 6.61 Å². The number of hydrogen-bond donors (Lipinski definition) is 0. The largest absolute Gasteiger partial charge is 0.466 e. The molecule has 1 radical (unpaired) electrons. The van der Waals surface area contributed by atoms with Gasteiger partial charge in [-0.25, -0.2) is 0 Å². The Balaban J connectivity index is 0. The Bertz CT molecular complexity index is 232. The van der Waals surface area contributed by atoms with Crippen molar-refractivity contribution in [3.63, 3.8) is 0 Å². The molecule has 0 unspecified atom stereocenters. The summed E-state index contributed by atoms with van der Waals surface area (Å²) in [6.07, 6.45) is 21.0. The van der Waals surface area contributed by atoms with Crippen molar-refractivity contribution in [3.05, 3.63) is 0 Å². The van der Waals surface area contributed by atoms with Crippen LogP contribution in [0.2, 0.25) is 0 Å². The molecule has 2 nitrogen and oxygen atoms in total. The van der Waals surface area contributed by atoms with Crippen LogP contribution >= 0.6 is 0 Å². The van der Waals surface area contributed by atoms with E-state index in [-0.39, 0.29) is 35.5 Å². The minimum atomic E-state index is -0.0304. The molecule has 0 bridgehead atoms. The van der Waals surface area contributed by atoms with Crippen molar-refractivity contribution in [1.29, 1.82) is 0 Å². The molecule has 0 aromatic carbocycles. The predicted molar refractivity (Wildman–Crippen MR) is 102 cm³/mol. The van der Waals surface area contributed by atoms with Gasteiger partial charge in [-0.1, -0.05) is 96.8 Å². The van der Waals surface area contributed by atoms with Crippen LogP contribution in [0.5, 0.6) is 0 Å². The molecule has 3 heteroatoms. The molecule has 0 spiro atoms. The summed E-state index contributed by atoms with van der Waals surface area (Å²) in [6.45, 7) is 4.66. The van der Waals surface area contributed by atoms with Gasteiger partial charge in [0.05, 0.1) is 6.61 Å².